The third-order valence-corrected chi connectivity index (χ3v) is 4.95. The molecule has 0 aromatic heterocycles. The molecule has 0 unspecified atom stereocenters. The van der Waals surface area contributed by atoms with Crippen molar-refractivity contribution in [3.05, 3.63) is 59.1 Å². The predicted octanol–water partition coefficient (Wildman–Crippen LogP) is 4.81. The van der Waals surface area contributed by atoms with Crippen LogP contribution in [0.4, 0.5) is 5.69 Å². The molecule has 3 rings (SSSR count). The van der Waals surface area contributed by atoms with Crippen LogP contribution in [0, 0.1) is 0 Å². The second kappa shape index (κ2) is 10.1. The minimum Gasteiger partial charge on any atom is -0.490 e. The van der Waals surface area contributed by atoms with E-state index in [9.17, 15) is 9.59 Å². The molecule has 0 spiro atoms. The van der Waals surface area contributed by atoms with Gasteiger partial charge in [-0.1, -0.05) is 17.7 Å². The van der Waals surface area contributed by atoms with Crippen molar-refractivity contribution in [1.82, 2.24) is 5.32 Å². The van der Waals surface area contributed by atoms with E-state index in [2.05, 4.69) is 10.6 Å². The molecule has 2 aromatic carbocycles. The Morgan fingerprint density at radius 1 is 1.07 bits per heavy atom. The molecule has 28 heavy (non-hydrogen) atoms. The molecule has 5 nitrogen and oxygen atoms in total. The number of nitrogens with one attached hydrogen (secondary N) is 2. The Bertz CT molecular complexity index is 802. The van der Waals surface area contributed by atoms with Crippen molar-refractivity contribution in [3.8, 4) is 5.75 Å². The van der Waals surface area contributed by atoms with Gasteiger partial charge in [0.05, 0.1) is 6.10 Å². The van der Waals surface area contributed by atoms with Crippen LogP contribution in [-0.4, -0.2) is 24.5 Å². The number of ether oxygens (including phenoxy) is 1. The number of benzene rings is 2. The Labute approximate surface area is 170 Å². The lowest BCUT2D eigenvalue weighted by molar-refractivity contribution is -0.116. The zero-order valence-corrected chi connectivity index (χ0v) is 16.5. The van der Waals surface area contributed by atoms with Gasteiger partial charge in [-0.25, -0.2) is 0 Å². The van der Waals surface area contributed by atoms with E-state index < -0.39 is 0 Å². The standard InChI is InChI=1S/C22H25ClN2O3/c23-17-12-10-16(11-13-17)22(27)24-14-4-9-21(26)25-18-5-3-8-20(15-18)28-19-6-1-2-7-19/h3,5,8,10-13,15,19H,1-2,4,6-7,9,14H2,(H,24,27)(H,25,26). The molecule has 0 heterocycles. The van der Waals surface area contributed by atoms with Gasteiger partial charge in [0, 0.05) is 35.3 Å². The number of amides is 2. The molecular weight excluding hydrogens is 376 g/mol. The van der Waals surface area contributed by atoms with Gasteiger partial charge in [0.25, 0.3) is 5.91 Å². The minimum atomic E-state index is -0.172. The monoisotopic (exact) mass is 400 g/mol. The number of hydrogen-bond acceptors (Lipinski definition) is 3. The molecule has 2 N–H and O–H groups in total. The van der Waals surface area contributed by atoms with Crippen LogP contribution < -0.4 is 15.4 Å². The molecule has 148 valence electrons. The van der Waals surface area contributed by atoms with Crippen molar-refractivity contribution in [2.45, 2.75) is 44.6 Å². The van der Waals surface area contributed by atoms with E-state index in [1.54, 1.807) is 24.3 Å². The molecule has 2 aromatic rings. The molecule has 1 saturated carbocycles. The average Bonchev–Trinajstić information content (AvgIpc) is 3.19. The zero-order chi connectivity index (χ0) is 19.8. The predicted molar refractivity (Wildman–Crippen MR) is 111 cm³/mol. The fourth-order valence-corrected chi connectivity index (χ4v) is 3.35. The van der Waals surface area contributed by atoms with E-state index in [4.69, 9.17) is 16.3 Å². The van der Waals surface area contributed by atoms with E-state index in [0.717, 1.165) is 24.3 Å². The SMILES string of the molecule is O=C(CCCNC(=O)c1ccc(Cl)cc1)Nc1cccc(OC2CCCC2)c1. The molecule has 1 aliphatic rings. The van der Waals surface area contributed by atoms with Crippen molar-refractivity contribution in [1.29, 1.82) is 0 Å². The fourth-order valence-electron chi connectivity index (χ4n) is 3.22. The largest absolute Gasteiger partial charge is 0.490 e. The quantitative estimate of drug-likeness (QED) is 0.625. The van der Waals surface area contributed by atoms with Crippen LogP contribution in [0.25, 0.3) is 0 Å². The number of anilines is 1. The van der Waals surface area contributed by atoms with Crippen LogP contribution >= 0.6 is 11.6 Å². The Kier molecular flexibility index (Phi) is 7.31. The van der Waals surface area contributed by atoms with Gasteiger partial charge < -0.3 is 15.4 Å². The average molecular weight is 401 g/mol. The van der Waals surface area contributed by atoms with Crippen LogP contribution in [-0.2, 0) is 4.79 Å². The Morgan fingerprint density at radius 2 is 1.82 bits per heavy atom. The van der Waals surface area contributed by atoms with E-state index in [-0.39, 0.29) is 17.9 Å². The van der Waals surface area contributed by atoms with Gasteiger partial charge in [0.1, 0.15) is 5.75 Å². The number of halogens is 1. The Morgan fingerprint density at radius 3 is 2.57 bits per heavy atom. The summed E-state index contributed by atoms with van der Waals surface area (Å²) in [6, 6.07) is 14.2. The van der Waals surface area contributed by atoms with Gasteiger partial charge in [-0.15, -0.1) is 0 Å². The number of carbonyl (C=O) groups excluding carboxylic acids is 2. The summed E-state index contributed by atoms with van der Waals surface area (Å²) in [5.74, 6) is 0.535. The van der Waals surface area contributed by atoms with Gasteiger partial charge in [-0.3, -0.25) is 9.59 Å². The molecule has 2 amide bonds. The van der Waals surface area contributed by atoms with Crippen LogP contribution in [0.5, 0.6) is 5.75 Å². The van der Waals surface area contributed by atoms with Crippen molar-refractivity contribution < 1.29 is 14.3 Å². The van der Waals surface area contributed by atoms with Gasteiger partial charge in [0.2, 0.25) is 5.91 Å². The first-order valence-corrected chi connectivity index (χ1v) is 10.1. The van der Waals surface area contributed by atoms with E-state index in [1.807, 2.05) is 24.3 Å². The molecule has 0 radical (unpaired) electrons. The van der Waals surface area contributed by atoms with Gasteiger partial charge >= 0.3 is 0 Å². The summed E-state index contributed by atoms with van der Waals surface area (Å²) >= 11 is 5.81. The highest BCUT2D eigenvalue weighted by Crippen LogP contribution is 2.25. The van der Waals surface area contributed by atoms with Crippen molar-refractivity contribution >= 4 is 29.1 Å². The molecule has 0 saturated heterocycles. The van der Waals surface area contributed by atoms with Gasteiger partial charge in [0.15, 0.2) is 0 Å². The second-order valence-electron chi connectivity index (χ2n) is 6.97. The van der Waals surface area contributed by atoms with Crippen molar-refractivity contribution in [3.63, 3.8) is 0 Å². The van der Waals surface area contributed by atoms with Crippen LogP contribution in [0.1, 0.15) is 48.9 Å². The molecule has 6 heteroatoms. The second-order valence-corrected chi connectivity index (χ2v) is 7.40. The molecule has 1 aliphatic carbocycles. The van der Waals surface area contributed by atoms with Crippen LogP contribution in [0.15, 0.2) is 48.5 Å². The minimum absolute atomic E-state index is 0.0845. The van der Waals surface area contributed by atoms with Crippen molar-refractivity contribution in [2.75, 3.05) is 11.9 Å². The summed E-state index contributed by atoms with van der Waals surface area (Å²) < 4.78 is 5.96. The summed E-state index contributed by atoms with van der Waals surface area (Å²) in [4.78, 5) is 24.1. The molecular formula is C22H25ClN2O3. The summed E-state index contributed by atoms with van der Waals surface area (Å²) in [6.07, 6.45) is 5.80. The maximum atomic E-state index is 12.1. The van der Waals surface area contributed by atoms with E-state index in [0.29, 0.717) is 30.0 Å². The maximum Gasteiger partial charge on any atom is 0.251 e. The Balaban J connectivity index is 1.38. The van der Waals surface area contributed by atoms with Gasteiger partial charge in [-0.05, 0) is 68.5 Å². The molecule has 0 bridgehead atoms. The first kappa shape index (κ1) is 20.2. The smallest absolute Gasteiger partial charge is 0.251 e. The van der Waals surface area contributed by atoms with E-state index >= 15 is 0 Å². The maximum absolute atomic E-state index is 12.1. The molecule has 0 atom stereocenters. The summed E-state index contributed by atoms with van der Waals surface area (Å²) in [6.45, 7) is 0.430. The summed E-state index contributed by atoms with van der Waals surface area (Å²) in [5, 5.41) is 6.28. The zero-order valence-electron chi connectivity index (χ0n) is 15.7. The third-order valence-electron chi connectivity index (χ3n) is 4.70. The lowest BCUT2D eigenvalue weighted by Gasteiger charge is -2.14. The first-order chi connectivity index (χ1) is 13.6. The number of rotatable bonds is 8. The Hall–Kier alpha value is -2.53. The fraction of sp³-hybridized carbons (Fsp3) is 0.364. The topological polar surface area (TPSA) is 67.4 Å². The normalized spacial score (nSPS) is 13.9. The first-order valence-electron chi connectivity index (χ1n) is 9.70. The highest BCUT2D eigenvalue weighted by atomic mass is 35.5. The van der Waals surface area contributed by atoms with Gasteiger partial charge in [-0.2, -0.15) is 0 Å². The highest BCUT2D eigenvalue weighted by Gasteiger charge is 2.16. The van der Waals surface area contributed by atoms with Crippen LogP contribution in [0.3, 0.4) is 0 Å². The molecule has 1 fully saturated rings. The van der Waals surface area contributed by atoms with Crippen molar-refractivity contribution in [2.24, 2.45) is 0 Å². The lowest BCUT2D eigenvalue weighted by Crippen LogP contribution is -2.25. The van der Waals surface area contributed by atoms with E-state index in [1.165, 1.54) is 12.8 Å². The summed E-state index contributed by atoms with van der Waals surface area (Å²) in [5.41, 5.74) is 1.28. The molecule has 0 aliphatic heterocycles. The number of hydrogen-bond donors (Lipinski definition) is 2. The lowest BCUT2D eigenvalue weighted by atomic mass is 10.2. The highest BCUT2D eigenvalue weighted by molar-refractivity contribution is 6.30. The number of carbonyl (C=O) groups is 2. The van der Waals surface area contributed by atoms with Crippen LogP contribution in [0.2, 0.25) is 5.02 Å². The summed E-state index contributed by atoms with van der Waals surface area (Å²) in [7, 11) is 0. The third kappa shape index (κ3) is 6.27.